The first-order chi connectivity index (χ1) is 10.1. The topological polar surface area (TPSA) is 79.0 Å². The fourth-order valence-corrected chi connectivity index (χ4v) is 2.57. The molecule has 0 atom stereocenters. The predicted octanol–water partition coefficient (Wildman–Crippen LogP) is 3.15. The Morgan fingerprint density at radius 1 is 1.24 bits per heavy atom. The van der Waals surface area contributed by atoms with Gasteiger partial charge in [-0.1, -0.05) is 30.3 Å². The van der Waals surface area contributed by atoms with Crippen LogP contribution in [-0.2, 0) is 4.79 Å². The first-order valence-corrected chi connectivity index (χ1v) is 6.64. The van der Waals surface area contributed by atoms with Crippen molar-refractivity contribution in [3.63, 3.8) is 0 Å². The van der Waals surface area contributed by atoms with Gasteiger partial charge in [0, 0.05) is 28.7 Å². The molecule has 0 spiro atoms. The number of carbonyl (C=O) groups excluding carboxylic acids is 1. The van der Waals surface area contributed by atoms with Gasteiger partial charge in [-0.3, -0.25) is 4.79 Å². The Hall–Kier alpha value is -2.88. The number of anilines is 2. The molecule has 0 saturated heterocycles. The third-order valence-electron chi connectivity index (χ3n) is 3.72. The summed E-state index contributed by atoms with van der Waals surface area (Å²) in [7, 11) is 0. The van der Waals surface area contributed by atoms with Crippen molar-refractivity contribution in [1.82, 2.24) is 0 Å². The van der Waals surface area contributed by atoms with Gasteiger partial charge in [0.25, 0.3) is 5.91 Å². The number of benzene rings is 2. The van der Waals surface area contributed by atoms with Crippen LogP contribution in [0.1, 0.15) is 23.6 Å². The molecule has 4 N–H and O–H groups in total. The molecule has 0 aromatic heterocycles. The number of para-hydroxylation sites is 1. The summed E-state index contributed by atoms with van der Waals surface area (Å²) in [6.07, 6.45) is 1.22. The van der Waals surface area contributed by atoms with Crippen LogP contribution in [0.2, 0.25) is 0 Å². The van der Waals surface area contributed by atoms with Gasteiger partial charge in [0.15, 0.2) is 0 Å². The average Bonchev–Trinajstić information content (AvgIpc) is 2.82. The number of hydrogen-bond acceptors (Lipinski definition) is 3. The molecule has 1 aliphatic heterocycles. The minimum atomic E-state index is -0.0941. The van der Waals surface area contributed by atoms with Crippen LogP contribution in [-0.4, -0.2) is 12.1 Å². The summed E-state index contributed by atoms with van der Waals surface area (Å²) in [4.78, 5) is 12.2. The van der Waals surface area contributed by atoms with Gasteiger partial charge in [-0.15, -0.1) is 0 Å². The Morgan fingerprint density at radius 2 is 2.00 bits per heavy atom. The molecule has 0 saturated carbocycles. The van der Waals surface area contributed by atoms with Crippen LogP contribution in [0, 0.1) is 5.41 Å². The van der Waals surface area contributed by atoms with E-state index in [1.54, 1.807) is 12.1 Å². The highest BCUT2D eigenvalue weighted by Crippen LogP contribution is 2.36. The van der Waals surface area contributed by atoms with E-state index >= 15 is 0 Å². The lowest BCUT2D eigenvalue weighted by Gasteiger charge is -2.08. The average molecular weight is 277 g/mol. The molecule has 2 aromatic rings. The van der Waals surface area contributed by atoms with Crippen molar-refractivity contribution < 1.29 is 4.79 Å². The molecule has 4 heteroatoms. The number of nitrogen functional groups attached to an aromatic ring is 1. The van der Waals surface area contributed by atoms with E-state index < -0.39 is 0 Å². The van der Waals surface area contributed by atoms with Gasteiger partial charge in [-0.25, -0.2) is 0 Å². The highest BCUT2D eigenvalue weighted by molar-refractivity contribution is 6.36. The van der Waals surface area contributed by atoms with Crippen molar-refractivity contribution >= 4 is 34.6 Å². The molecule has 2 aromatic carbocycles. The molecule has 0 fully saturated rings. The van der Waals surface area contributed by atoms with Gasteiger partial charge in [0.05, 0.1) is 5.57 Å². The number of hydrogen-bond donors (Lipinski definition) is 3. The molecule has 1 aliphatic rings. The molecule has 21 heavy (non-hydrogen) atoms. The predicted molar refractivity (Wildman–Crippen MR) is 86.3 cm³/mol. The summed E-state index contributed by atoms with van der Waals surface area (Å²) in [5.74, 6) is -0.0941. The van der Waals surface area contributed by atoms with Gasteiger partial charge in [0.2, 0.25) is 0 Å². The van der Waals surface area contributed by atoms with E-state index in [4.69, 9.17) is 11.1 Å². The first-order valence-electron chi connectivity index (χ1n) is 6.64. The molecule has 3 rings (SSSR count). The standard InChI is InChI=1S/C17H15N3O/c1-10(11-6-7-12(9-18)14(19)8-11)16-13-4-2-3-5-15(13)20-17(16)21/h2-9,18H,19H2,1H3,(H,20,21)/b16-10+,18-9?. The van der Waals surface area contributed by atoms with E-state index in [1.807, 2.05) is 37.3 Å². The highest BCUT2D eigenvalue weighted by atomic mass is 16.2. The maximum atomic E-state index is 12.2. The Labute approximate surface area is 122 Å². The lowest BCUT2D eigenvalue weighted by atomic mass is 9.95. The lowest BCUT2D eigenvalue weighted by Crippen LogP contribution is -2.05. The van der Waals surface area contributed by atoms with Gasteiger partial charge in [-0.2, -0.15) is 0 Å². The van der Waals surface area contributed by atoms with Crippen molar-refractivity contribution in [2.75, 3.05) is 11.1 Å². The second-order valence-electron chi connectivity index (χ2n) is 4.99. The van der Waals surface area contributed by atoms with Crippen LogP contribution in [0.25, 0.3) is 11.1 Å². The molecule has 0 bridgehead atoms. The SMILES string of the molecule is C/C(=C1\C(=O)Nc2ccccc21)c1ccc(C=N)c(N)c1. The van der Waals surface area contributed by atoms with Crippen molar-refractivity contribution in [3.05, 3.63) is 59.2 Å². The van der Waals surface area contributed by atoms with E-state index in [1.165, 1.54) is 6.21 Å². The van der Waals surface area contributed by atoms with Crippen molar-refractivity contribution in [2.45, 2.75) is 6.92 Å². The molecule has 104 valence electrons. The monoisotopic (exact) mass is 277 g/mol. The maximum Gasteiger partial charge on any atom is 0.256 e. The van der Waals surface area contributed by atoms with Crippen molar-refractivity contribution in [1.29, 1.82) is 5.41 Å². The maximum absolute atomic E-state index is 12.2. The number of nitrogens with two attached hydrogens (primary N) is 1. The lowest BCUT2D eigenvalue weighted by molar-refractivity contribution is -0.110. The summed E-state index contributed by atoms with van der Waals surface area (Å²) in [6, 6.07) is 13.1. The second-order valence-corrected chi connectivity index (χ2v) is 4.99. The molecular weight excluding hydrogens is 262 g/mol. The minimum Gasteiger partial charge on any atom is -0.398 e. The fraction of sp³-hybridized carbons (Fsp3) is 0.0588. The largest absolute Gasteiger partial charge is 0.398 e. The summed E-state index contributed by atoms with van der Waals surface area (Å²) in [5.41, 5.74) is 11.3. The molecular formula is C17H15N3O. The fourth-order valence-electron chi connectivity index (χ4n) is 2.57. The van der Waals surface area contributed by atoms with Crippen LogP contribution in [0.4, 0.5) is 11.4 Å². The minimum absolute atomic E-state index is 0.0941. The summed E-state index contributed by atoms with van der Waals surface area (Å²) in [5, 5.41) is 10.1. The number of fused-ring (bicyclic) bond motifs is 1. The Balaban J connectivity index is 2.16. The van der Waals surface area contributed by atoms with Crippen LogP contribution in [0.3, 0.4) is 0 Å². The second kappa shape index (κ2) is 4.90. The van der Waals surface area contributed by atoms with Gasteiger partial charge >= 0.3 is 0 Å². The summed E-state index contributed by atoms with van der Waals surface area (Å²) < 4.78 is 0. The normalized spacial score (nSPS) is 15.4. The van der Waals surface area contributed by atoms with Crippen molar-refractivity contribution in [3.8, 4) is 0 Å². The zero-order valence-electron chi connectivity index (χ0n) is 11.6. The van der Waals surface area contributed by atoms with Gasteiger partial charge in [0.1, 0.15) is 0 Å². The smallest absolute Gasteiger partial charge is 0.256 e. The van der Waals surface area contributed by atoms with Crippen molar-refractivity contribution in [2.24, 2.45) is 0 Å². The van der Waals surface area contributed by atoms with Crippen LogP contribution < -0.4 is 11.1 Å². The van der Waals surface area contributed by atoms with E-state index in [2.05, 4.69) is 5.32 Å². The number of carbonyl (C=O) groups is 1. The third kappa shape index (κ3) is 2.10. The number of allylic oxidation sites excluding steroid dienone is 1. The number of amides is 1. The van der Waals surface area contributed by atoms with Gasteiger partial charge in [-0.05, 0) is 30.2 Å². The van der Waals surface area contributed by atoms with E-state index in [9.17, 15) is 4.79 Å². The third-order valence-corrected chi connectivity index (χ3v) is 3.72. The first kappa shape index (κ1) is 13.1. The molecule has 0 radical (unpaired) electrons. The Morgan fingerprint density at radius 3 is 2.71 bits per heavy atom. The quantitative estimate of drug-likeness (QED) is 0.448. The summed E-state index contributed by atoms with van der Waals surface area (Å²) >= 11 is 0. The number of rotatable bonds is 2. The van der Waals surface area contributed by atoms with E-state index in [0.29, 0.717) is 16.8 Å². The summed E-state index contributed by atoms with van der Waals surface area (Å²) in [6.45, 7) is 1.91. The molecule has 1 heterocycles. The molecule has 1 amide bonds. The van der Waals surface area contributed by atoms with Crippen LogP contribution in [0.15, 0.2) is 42.5 Å². The van der Waals surface area contributed by atoms with Crippen LogP contribution >= 0.6 is 0 Å². The molecule has 0 unspecified atom stereocenters. The molecule has 4 nitrogen and oxygen atoms in total. The Bertz CT molecular complexity index is 790. The van der Waals surface area contributed by atoms with E-state index in [0.717, 1.165) is 22.4 Å². The number of nitrogens with one attached hydrogen (secondary N) is 2. The highest BCUT2D eigenvalue weighted by Gasteiger charge is 2.25. The Kier molecular flexibility index (Phi) is 3.06. The van der Waals surface area contributed by atoms with E-state index in [-0.39, 0.29) is 5.91 Å². The van der Waals surface area contributed by atoms with Crippen LogP contribution in [0.5, 0.6) is 0 Å². The zero-order valence-corrected chi connectivity index (χ0v) is 11.6. The zero-order chi connectivity index (χ0) is 15.0. The van der Waals surface area contributed by atoms with Gasteiger partial charge < -0.3 is 16.5 Å². The molecule has 0 aliphatic carbocycles.